The first kappa shape index (κ1) is 19.0. The van der Waals surface area contributed by atoms with Crippen LogP contribution in [0.5, 0.6) is 0 Å². The summed E-state index contributed by atoms with van der Waals surface area (Å²) in [6.45, 7) is 0.590. The molecule has 0 aliphatic carbocycles. The number of carbonyl (C=O) groups excluding carboxylic acids is 1. The number of pyridine rings is 1. The van der Waals surface area contributed by atoms with Crippen LogP contribution in [0.4, 0.5) is 5.69 Å². The van der Waals surface area contributed by atoms with Crippen LogP contribution in [0.1, 0.15) is 15.9 Å². The Bertz CT molecular complexity index is 1280. The third-order valence-corrected chi connectivity index (χ3v) is 5.57. The minimum Gasteiger partial charge on any atom is -0.320 e. The molecule has 31 heavy (non-hydrogen) atoms. The van der Waals surface area contributed by atoms with E-state index >= 15 is 0 Å². The molecule has 0 aliphatic rings. The summed E-state index contributed by atoms with van der Waals surface area (Å²) in [5.41, 5.74) is 2.92. The van der Waals surface area contributed by atoms with Gasteiger partial charge in [0.1, 0.15) is 5.69 Å². The highest BCUT2D eigenvalue weighted by Crippen LogP contribution is 2.27. The number of nitrogens with one attached hydrogen (secondary N) is 1. The van der Waals surface area contributed by atoms with Gasteiger partial charge in [0.25, 0.3) is 5.91 Å². The molecule has 0 unspecified atom stereocenters. The predicted octanol–water partition coefficient (Wildman–Crippen LogP) is 4.49. The van der Waals surface area contributed by atoms with Crippen LogP contribution < -0.4 is 5.32 Å². The quantitative estimate of drug-likeness (QED) is 0.434. The van der Waals surface area contributed by atoms with Gasteiger partial charge >= 0.3 is 0 Å². The largest absolute Gasteiger partial charge is 0.320 e. The maximum absolute atomic E-state index is 13.1. The van der Waals surface area contributed by atoms with Gasteiger partial charge in [-0.15, -0.1) is 11.3 Å². The van der Waals surface area contributed by atoms with E-state index in [0.29, 0.717) is 29.3 Å². The van der Waals surface area contributed by atoms with E-state index in [-0.39, 0.29) is 5.91 Å². The third kappa shape index (κ3) is 4.15. The summed E-state index contributed by atoms with van der Waals surface area (Å²) in [5.74, 6) is 0.453. The minimum atomic E-state index is -0.226. The van der Waals surface area contributed by atoms with Crippen LogP contribution in [0.2, 0.25) is 0 Å². The van der Waals surface area contributed by atoms with Crippen molar-refractivity contribution in [3.63, 3.8) is 0 Å². The summed E-state index contributed by atoms with van der Waals surface area (Å²) in [7, 11) is 0. The molecule has 152 valence electrons. The molecule has 0 spiro atoms. The number of benzene rings is 1. The molecular weight excluding hydrogens is 408 g/mol. The Hall–Kier alpha value is -4.04. The van der Waals surface area contributed by atoms with Gasteiger partial charge in [0.15, 0.2) is 5.82 Å². The van der Waals surface area contributed by atoms with E-state index in [1.165, 1.54) is 0 Å². The van der Waals surface area contributed by atoms with Crippen molar-refractivity contribution in [2.45, 2.75) is 6.54 Å². The maximum atomic E-state index is 13.1. The molecule has 1 aromatic carbocycles. The van der Waals surface area contributed by atoms with Gasteiger partial charge in [-0.05, 0) is 35.2 Å². The van der Waals surface area contributed by atoms with Crippen molar-refractivity contribution in [1.82, 2.24) is 24.5 Å². The Kier molecular flexibility index (Phi) is 5.12. The molecular formula is C23H18N6OS. The highest BCUT2D eigenvalue weighted by molar-refractivity contribution is 7.13. The summed E-state index contributed by atoms with van der Waals surface area (Å²) in [5, 5.41) is 13.8. The fourth-order valence-electron chi connectivity index (χ4n) is 3.23. The molecule has 0 bridgehead atoms. The lowest BCUT2D eigenvalue weighted by Crippen LogP contribution is -2.12. The van der Waals surface area contributed by atoms with Crippen molar-refractivity contribution >= 4 is 22.9 Å². The lowest BCUT2D eigenvalue weighted by atomic mass is 10.2. The van der Waals surface area contributed by atoms with Crippen molar-refractivity contribution in [3.05, 3.63) is 102 Å². The van der Waals surface area contributed by atoms with Crippen LogP contribution in [0.3, 0.4) is 0 Å². The van der Waals surface area contributed by atoms with E-state index in [9.17, 15) is 4.79 Å². The van der Waals surface area contributed by atoms with E-state index in [0.717, 1.165) is 10.4 Å². The first-order chi connectivity index (χ1) is 15.3. The minimum absolute atomic E-state index is 0.226. The number of carbonyl (C=O) groups is 1. The van der Waals surface area contributed by atoms with Crippen LogP contribution in [-0.4, -0.2) is 30.5 Å². The Morgan fingerprint density at radius 1 is 1.03 bits per heavy atom. The van der Waals surface area contributed by atoms with Crippen LogP contribution in [-0.2, 0) is 6.54 Å². The first-order valence-electron chi connectivity index (χ1n) is 9.69. The third-order valence-electron chi connectivity index (χ3n) is 4.69. The highest BCUT2D eigenvalue weighted by Gasteiger charge is 2.19. The number of anilines is 1. The van der Waals surface area contributed by atoms with E-state index in [1.54, 1.807) is 45.4 Å². The number of amides is 1. The maximum Gasteiger partial charge on any atom is 0.259 e. The second-order valence-corrected chi connectivity index (χ2v) is 7.81. The topological polar surface area (TPSA) is 77.6 Å². The molecule has 0 aliphatic heterocycles. The molecule has 7 nitrogen and oxygen atoms in total. The number of hydrogen-bond donors (Lipinski definition) is 1. The number of thiophene rings is 1. The fraction of sp³-hybridized carbons (Fsp3) is 0.0435. The van der Waals surface area contributed by atoms with Gasteiger partial charge in [-0.2, -0.15) is 10.2 Å². The second-order valence-electron chi connectivity index (χ2n) is 6.86. The lowest BCUT2D eigenvalue weighted by molar-refractivity contribution is 0.102. The predicted molar refractivity (Wildman–Crippen MR) is 120 cm³/mol. The van der Waals surface area contributed by atoms with Gasteiger partial charge in [0, 0.05) is 18.6 Å². The van der Waals surface area contributed by atoms with Gasteiger partial charge in [-0.25, -0.2) is 9.67 Å². The van der Waals surface area contributed by atoms with Gasteiger partial charge in [0.2, 0.25) is 0 Å². The van der Waals surface area contributed by atoms with Crippen LogP contribution in [0.25, 0.3) is 16.4 Å². The van der Waals surface area contributed by atoms with Gasteiger partial charge in [-0.3, -0.25) is 9.48 Å². The standard InChI is InChI=1S/C23H18N6OS/c30-23(26-18-9-10-21(24-14-18)29-12-5-11-25-29)19-16-28(15-17-6-2-1-3-7-17)27-22(19)20-8-4-13-31-20/h1-14,16H,15H2,(H,26,30). The molecule has 5 aromatic rings. The SMILES string of the molecule is O=C(Nc1ccc(-n2cccn2)nc1)c1cn(Cc2ccccc2)nc1-c1cccs1. The molecule has 0 saturated carbocycles. The fourth-order valence-corrected chi connectivity index (χ4v) is 3.96. The van der Waals surface area contributed by atoms with Crippen LogP contribution in [0, 0.1) is 0 Å². The lowest BCUT2D eigenvalue weighted by Gasteiger charge is -2.06. The van der Waals surface area contributed by atoms with Crippen molar-refractivity contribution in [2.24, 2.45) is 0 Å². The zero-order chi connectivity index (χ0) is 21.0. The molecule has 0 fully saturated rings. The molecule has 0 saturated heterocycles. The molecule has 4 aromatic heterocycles. The zero-order valence-electron chi connectivity index (χ0n) is 16.4. The Balaban J connectivity index is 1.41. The Morgan fingerprint density at radius 3 is 2.65 bits per heavy atom. The Labute approximate surface area is 182 Å². The number of aromatic nitrogens is 5. The van der Waals surface area contributed by atoms with Gasteiger partial charge in [0.05, 0.1) is 28.9 Å². The molecule has 1 amide bonds. The van der Waals surface area contributed by atoms with Crippen molar-refractivity contribution in [2.75, 3.05) is 5.32 Å². The van der Waals surface area contributed by atoms with E-state index in [1.807, 2.05) is 66.2 Å². The van der Waals surface area contributed by atoms with Crippen LogP contribution >= 0.6 is 11.3 Å². The molecule has 8 heteroatoms. The molecule has 0 atom stereocenters. The number of hydrogen-bond acceptors (Lipinski definition) is 5. The second kappa shape index (κ2) is 8.37. The van der Waals surface area contributed by atoms with Crippen LogP contribution in [0.15, 0.2) is 90.8 Å². The normalized spacial score (nSPS) is 10.8. The summed E-state index contributed by atoms with van der Waals surface area (Å²) in [4.78, 5) is 18.4. The summed E-state index contributed by atoms with van der Waals surface area (Å²) in [6, 6.07) is 19.4. The number of nitrogens with zero attached hydrogens (tertiary/aromatic N) is 5. The molecule has 4 heterocycles. The summed E-state index contributed by atoms with van der Waals surface area (Å²) < 4.78 is 3.46. The van der Waals surface area contributed by atoms with E-state index < -0.39 is 0 Å². The average molecular weight is 427 g/mol. The van der Waals surface area contributed by atoms with E-state index in [2.05, 4.69) is 15.4 Å². The smallest absolute Gasteiger partial charge is 0.259 e. The highest BCUT2D eigenvalue weighted by atomic mass is 32.1. The van der Waals surface area contributed by atoms with Crippen molar-refractivity contribution in [1.29, 1.82) is 0 Å². The summed E-state index contributed by atoms with van der Waals surface area (Å²) in [6.07, 6.45) is 6.92. The monoisotopic (exact) mass is 426 g/mol. The molecule has 1 N–H and O–H groups in total. The first-order valence-corrected chi connectivity index (χ1v) is 10.6. The number of rotatable bonds is 6. The molecule has 5 rings (SSSR count). The zero-order valence-corrected chi connectivity index (χ0v) is 17.2. The van der Waals surface area contributed by atoms with Gasteiger partial charge in [-0.1, -0.05) is 36.4 Å². The summed E-state index contributed by atoms with van der Waals surface area (Å²) >= 11 is 1.56. The van der Waals surface area contributed by atoms with E-state index in [4.69, 9.17) is 5.10 Å². The molecule has 0 radical (unpaired) electrons. The Morgan fingerprint density at radius 2 is 1.94 bits per heavy atom. The van der Waals surface area contributed by atoms with Crippen molar-refractivity contribution < 1.29 is 4.79 Å². The van der Waals surface area contributed by atoms with Crippen molar-refractivity contribution in [3.8, 4) is 16.4 Å². The average Bonchev–Trinajstić information content (AvgIpc) is 3.56. The van der Waals surface area contributed by atoms with Gasteiger partial charge < -0.3 is 5.32 Å².